The fourth-order valence-electron chi connectivity index (χ4n) is 3.33. The fraction of sp³-hybridized carbons (Fsp3) is 1.00. The van der Waals surface area contributed by atoms with Crippen LogP contribution >= 0.6 is 0 Å². The highest BCUT2D eigenvalue weighted by atomic mass is 19.4. The highest BCUT2D eigenvalue weighted by Crippen LogP contribution is 2.55. The van der Waals surface area contributed by atoms with Crippen molar-refractivity contribution in [1.29, 1.82) is 0 Å². The Morgan fingerprint density at radius 2 is 1.35 bits per heavy atom. The van der Waals surface area contributed by atoms with Gasteiger partial charge < -0.3 is 0 Å². The van der Waals surface area contributed by atoms with Gasteiger partial charge in [-0.25, -0.2) is 4.39 Å². The molecule has 0 atom stereocenters. The van der Waals surface area contributed by atoms with Crippen molar-refractivity contribution < 1.29 is 17.6 Å². The number of halogens is 4. The van der Waals surface area contributed by atoms with E-state index in [1.165, 1.54) is 0 Å². The first-order valence-corrected chi connectivity index (χ1v) is 6.52. The predicted octanol–water partition coefficient (Wildman–Crippen LogP) is 5.03. The molecule has 2 aliphatic rings. The number of hydrogen-bond donors (Lipinski definition) is 0. The van der Waals surface area contributed by atoms with Crippen LogP contribution in [0.5, 0.6) is 0 Å². The lowest BCUT2D eigenvalue weighted by molar-refractivity contribution is -0.246. The van der Waals surface area contributed by atoms with Crippen molar-refractivity contribution in [2.24, 2.45) is 11.3 Å². The van der Waals surface area contributed by atoms with E-state index in [1.807, 2.05) is 0 Å². The first-order chi connectivity index (χ1) is 7.77. The zero-order valence-electron chi connectivity index (χ0n) is 10.2. The monoisotopic (exact) mass is 252 g/mol. The van der Waals surface area contributed by atoms with Gasteiger partial charge in [0.1, 0.15) is 0 Å². The van der Waals surface area contributed by atoms with Crippen LogP contribution in [0.1, 0.15) is 58.3 Å². The molecule has 0 N–H and O–H groups in total. The van der Waals surface area contributed by atoms with E-state index >= 15 is 0 Å². The molecule has 0 aromatic rings. The Kier molecular flexibility index (Phi) is 3.20. The molecule has 4 heteroatoms. The quantitative estimate of drug-likeness (QED) is 0.530. The van der Waals surface area contributed by atoms with Crippen molar-refractivity contribution in [2.45, 2.75) is 70.1 Å². The van der Waals surface area contributed by atoms with Crippen molar-refractivity contribution in [2.75, 3.05) is 0 Å². The first-order valence-electron chi connectivity index (χ1n) is 6.52. The second kappa shape index (κ2) is 4.13. The molecule has 0 aliphatic heterocycles. The number of alkyl halides is 4. The van der Waals surface area contributed by atoms with Crippen molar-refractivity contribution in [3.8, 4) is 0 Å². The lowest BCUT2D eigenvalue weighted by Gasteiger charge is -2.46. The average molecular weight is 252 g/mol. The van der Waals surface area contributed by atoms with Gasteiger partial charge in [-0.05, 0) is 49.9 Å². The van der Waals surface area contributed by atoms with Gasteiger partial charge >= 0.3 is 6.18 Å². The van der Waals surface area contributed by atoms with Crippen molar-refractivity contribution in [3.63, 3.8) is 0 Å². The van der Waals surface area contributed by atoms with Gasteiger partial charge in [-0.1, -0.05) is 19.8 Å². The molecule has 2 aliphatic carbocycles. The molecule has 0 unspecified atom stereocenters. The maximum Gasteiger partial charge on any atom is 0.422 e. The van der Waals surface area contributed by atoms with E-state index < -0.39 is 11.8 Å². The third-order valence-corrected chi connectivity index (χ3v) is 4.95. The van der Waals surface area contributed by atoms with Gasteiger partial charge in [0.2, 0.25) is 5.67 Å². The SMILES string of the molecule is CC1CCC2(CC1)CCC(F)(C(F)(F)F)CC2. The second-order valence-electron chi connectivity index (χ2n) is 6.15. The van der Waals surface area contributed by atoms with E-state index in [2.05, 4.69) is 6.92 Å². The van der Waals surface area contributed by atoms with E-state index in [4.69, 9.17) is 0 Å². The van der Waals surface area contributed by atoms with Crippen LogP contribution in [-0.4, -0.2) is 11.8 Å². The van der Waals surface area contributed by atoms with Crippen LogP contribution in [0.3, 0.4) is 0 Å². The van der Waals surface area contributed by atoms with Gasteiger partial charge in [-0.3, -0.25) is 0 Å². The van der Waals surface area contributed by atoms with Crippen molar-refractivity contribution >= 4 is 0 Å². The van der Waals surface area contributed by atoms with Crippen molar-refractivity contribution in [3.05, 3.63) is 0 Å². The van der Waals surface area contributed by atoms with E-state index in [0.717, 1.165) is 25.7 Å². The van der Waals surface area contributed by atoms with E-state index in [-0.39, 0.29) is 18.3 Å². The first kappa shape index (κ1) is 13.2. The standard InChI is InChI=1S/C13H20F4/c1-10-2-4-11(5-3-10)6-8-12(14,9-7-11)13(15,16)17/h10H,2-9H2,1H3. The topological polar surface area (TPSA) is 0 Å². The van der Waals surface area contributed by atoms with Gasteiger partial charge in [0.25, 0.3) is 0 Å². The molecule has 2 fully saturated rings. The van der Waals surface area contributed by atoms with E-state index in [1.54, 1.807) is 0 Å². The van der Waals surface area contributed by atoms with Crippen LogP contribution in [0.15, 0.2) is 0 Å². The molecular formula is C13H20F4. The summed E-state index contributed by atoms with van der Waals surface area (Å²) in [6.45, 7) is 2.19. The summed E-state index contributed by atoms with van der Waals surface area (Å²) in [7, 11) is 0. The summed E-state index contributed by atoms with van der Waals surface area (Å²) in [5, 5.41) is 0. The maximum absolute atomic E-state index is 13.8. The third kappa shape index (κ3) is 2.45. The normalized spacial score (nSPS) is 43.9. The summed E-state index contributed by atoms with van der Waals surface area (Å²) in [5.41, 5.74) is -2.89. The Bertz CT molecular complexity index is 264. The highest BCUT2D eigenvalue weighted by Gasteiger charge is 2.58. The minimum absolute atomic E-state index is 0.0212. The minimum atomic E-state index is -4.68. The number of rotatable bonds is 0. The molecule has 0 heterocycles. The Morgan fingerprint density at radius 1 is 0.882 bits per heavy atom. The van der Waals surface area contributed by atoms with Gasteiger partial charge in [-0.15, -0.1) is 0 Å². The minimum Gasteiger partial charge on any atom is -0.234 e. The number of hydrogen-bond acceptors (Lipinski definition) is 0. The molecule has 0 aromatic heterocycles. The van der Waals surface area contributed by atoms with E-state index in [0.29, 0.717) is 18.8 Å². The van der Waals surface area contributed by atoms with Crippen LogP contribution in [0.2, 0.25) is 0 Å². The molecule has 2 saturated carbocycles. The van der Waals surface area contributed by atoms with Crippen LogP contribution < -0.4 is 0 Å². The van der Waals surface area contributed by atoms with Crippen LogP contribution in [0.4, 0.5) is 17.6 Å². The van der Waals surface area contributed by atoms with Gasteiger partial charge in [0.05, 0.1) is 0 Å². The Labute approximate surface area is 99.8 Å². The molecule has 0 bridgehead atoms. The average Bonchev–Trinajstić information content (AvgIpc) is 2.26. The third-order valence-electron chi connectivity index (χ3n) is 4.95. The molecule has 1 spiro atoms. The lowest BCUT2D eigenvalue weighted by atomic mass is 9.61. The Balaban J connectivity index is 1.98. The molecule has 0 nitrogen and oxygen atoms in total. The molecule has 0 aromatic carbocycles. The summed E-state index contributed by atoms with van der Waals surface area (Å²) < 4.78 is 51.5. The lowest BCUT2D eigenvalue weighted by Crippen LogP contribution is -2.47. The van der Waals surface area contributed by atoms with E-state index in [9.17, 15) is 17.6 Å². The molecule has 0 saturated heterocycles. The molecule has 2 rings (SSSR count). The van der Waals surface area contributed by atoms with Crippen molar-refractivity contribution in [1.82, 2.24) is 0 Å². The second-order valence-corrected chi connectivity index (χ2v) is 6.15. The van der Waals surface area contributed by atoms with Crippen LogP contribution in [0, 0.1) is 11.3 Å². The molecule has 0 radical (unpaired) electrons. The molecular weight excluding hydrogens is 232 g/mol. The van der Waals surface area contributed by atoms with Crippen LogP contribution in [0.25, 0.3) is 0 Å². The zero-order chi connectivity index (χ0) is 12.7. The smallest absolute Gasteiger partial charge is 0.234 e. The largest absolute Gasteiger partial charge is 0.422 e. The Hall–Kier alpha value is -0.280. The molecule has 100 valence electrons. The van der Waals surface area contributed by atoms with Crippen LogP contribution in [-0.2, 0) is 0 Å². The molecule has 0 amide bonds. The zero-order valence-corrected chi connectivity index (χ0v) is 10.2. The Morgan fingerprint density at radius 3 is 1.76 bits per heavy atom. The fourth-order valence-corrected chi connectivity index (χ4v) is 3.33. The maximum atomic E-state index is 13.8. The summed E-state index contributed by atoms with van der Waals surface area (Å²) in [6, 6.07) is 0. The summed E-state index contributed by atoms with van der Waals surface area (Å²) in [6.07, 6.45) is -0.362. The van der Waals surface area contributed by atoms with Gasteiger partial charge in [0, 0.05) is 0 Å². The summed E-state index contributed by atoms with van der Waals surface area (Å²) in [5.74, 6) is 0.681. The molecule has 17 heavy (non-hydrogen) atoms. The highest BCUT2D eigenvalue weighted by molar-refractivity contribution is 4.98. The van der Waals surface area contributed by atoms with Gasteiger partial charge in [0.15, 0.2) is 0 Å². The summed E-state index contributed by atoms with van der Waals surface area (Å²) >= 11 is 0. The van der Waals surface area contributed by atoms with Gasteiger partial charge in [-0.2, -0.15) is 13.2 Å². The summed E-state index contributed by atoms with van der Waals surface area (Å²) in [4.78, 5) is 0. The predicted molar refractivity (Wildman–Crippen MR) is 58.4 cm³/mol.